The average Bonchev–Trinajstić information content (AvgIpc) is 3.30. The molecule has 0 N–H and O–H groups in total. The number of aryl methyl sites for hydroxylation is 2. The first-order valence-electron chi connectivity index (χ1n) is 9.86. The van der Waals surface area contributed by atoms with E-state index in [1.165, 1.54) is 11.1 Å². The third-order valence-corrected chi connectivity index (χ3v) is 6.34. The summed E-state index contributed by atoms with van der Waals surface area (Å²) in [5, 5.41) is 0. The van der Waals surface area contributed by atoms with Gasteiger partial charge in [-0.2, -0.15) is 0 Å². The number of ether oxygens (including phenoxy) is 1. The molecule has 3 aliphatic rings. The second-order valence-corrected chi connectivity index (χ2v) is 8.05. The molecule has 2 amide bonds. The highest BCUT2D eigenvalue weighted by Crippen LogP contribution is 2.34. The van der Waals surface area contributed by atoms with Crippen molar-refractivity contribution in [2.24, 2.45) is 0 Å². The molecule has 2 atom stereocenters. The Morgan fingerprint density at radius 2 is 1.88 bits per heavy atom. The van der Waals surface area contributed by atoms with E-state index in [9.17, 15) is 9.59 Å². The minimum absolute atomic E-state index is 0.0250. The van der Waals surface area contributed by atoms with Gasteiger partial charge >= 0.3 is 6.09 Å². The van der Waals surface area contributed by atoms with Crippen LogP contribution in [0.4, 0.5) is 4.79 Å². The number of hydrogen-bond acceptors (Lipinski definition) is 3. The molecular weight excluding hydrogens is 328 g/mol. The van der Waals surface area contributed by atoms with Crippen LogP contribution in [0.15, 0.2) is 18.2 Å². The molecule has 0 bridgehead atoms. The van der Waals surface area contributed by atoms with Gasteiger partial charge in [0.15, 0.2) is 0 Å². The molecule has 3 fully saturated rings. The standard InChI is InChI=1S/C21H28N2O3/c1-14-7-8-16(11-15(14)2)13-23-18-9-10-22(19(18)12-20(23)24)21(25)26-17-5-3-4-6-17/h7-8,11,17-19H,3-6,9-10,12-13H2,1-2H3/t18-,19-/m0/s1. The van der Waals surface area contributed by atoms with Crippen molar-refractivity contribution in [3.05, 3.63) is 34.9 Å². The highest BCUT2D eigenvalue weighted by atomic mass is 16.6. The van der Waals surface area contributed by atoms with Crippen molar-refractivity contribution in [2.75, 3.05) is 6.54 Å². The fourth-order valence-corrected chi connectivity index (χ4v) is 4.68. The summed E-state index contributed by atoms with van der Waals surface area (Å²) in [7, 11) is 0. The van der Waals surface area contributed by atoms with Gasteiger partial charge in [0.05, 0.1) is 12.1 Å². The average molecular weight is 356 g/mol. The first-order chi connectivity index (χ1) is 12.5. The normalized spacial score (nSPS) is 25.8. The SMILES string of the molecule is Cc1ccc(CN2C(=O)C[C@H]3[C@@H]2CCN3C(=O)OC2CCCC2)cc1C. The molecule has 2 aliphatic heterocycles. The van der Waals surface area contributed by atoms with Crippen LogP contribution in [0, 0.1) is 13.8 Å². The van der Waals surface area contributed by atoms with Crippen molar-refractivity contribution in [3.63, 3.8) is 0 Å². The molecule has 1 aromatic rings. The molecule has 1 saturated carbocycles. The lowest BCUT2D eigenvalue weighted by Gasteiger charge is -2.26. The van der Waals surface area contributed by atoms with E-state index in [0.29, 0.717) is 19.5 Å². The molecule has 1 aromatic carbocycles. The molecule has 0 unspecified atom stereocenters. The Labute approximate surface area is 155 Å². The van der Waals surface area contributed by atoms with Crippen LogP contribution in [0.1, 0.15) is 55.2 Å². The van der Waals surface area contributed by atoms with Crippen molar-refractivity contribution in [2.45, 2.75) is 77.1 Å². The molecule has 0 aromatic heterocycles. The summed E-state index contributed by atoms with van der Waals surface area (Å²) in [5.74, 6) is 0.150. The lowest BCUT2D eigenvalue weighted by molar-refractivity contribution is -0.129. The Morgan fingerprint density at radius 3 is 2.62 bits per heavy atom. The zero-order valence-corrected chi connectivity index (χ0v) is 15.7. The molecule has 4 rings (SSSR count). The zero-order valence-electron chi connectivity index (χ0n) is 15.7. The Balaban J connectivity index is 1.43. The maximum absolute atomic E-state index is 12.6. The molecule has 0 spiro atoms. The summed E-state index contributed by atoms with van der Waals surface area (Å²) in [5.41, 5.74) is 3.68. The lowest BCUT2D eigenvalue weighted by Crippen LogP contribution is -2.40. The van der Waals surface area contributed by atoms with Gasteiger partial charge in [-0.15, -0.1) is 0 Å². The van der Waals surface area contributed by atoms with E-state index in [-0.39, 0.29) is 30.2 Å². The van der Waals surface area contributed by atoms with Gasteiger partial charge < -0.3 is 14.5 Å². The van der Waals surface area contributed by atoms with Crippen molar-refractivity contribution in [1.29, 1.82) is 0 Å². The van der Waals surface area contributed by atoms with E-state index in [0.717, 1.165) is 37.7 Å². The quantitative estimate of drug-likeness (QED) is 0.832. The molecule has 140 valence electrons. The van der Waals surface area contributed by atoms with Crippen LogP contribution in [-0.2, 0) is 16.1 Å². The van der Waals surface area contributed by atoms with Crippen molar-refractivity contribution in [3.8, 4) is 0 Å². The minimum Gasteiger partial charge on any atom is -0.446 e. The molecular formula is C21H28N2O3. The number of nitrogens with zero attached hydrogens (tertiary/aromatic N) is 2. The van der Waals surface area contributed by atoms with Crippen molar-refractivity contribution >= 4 is 12.0 Å². The number of carbonyl (C=O) groups is 2. The minimum atomic E-state index is -0.217. The van der Waals surface area contributed by atoms with Crippen LogP contribution in [0.3, 0.4) is 0 Å². The molecule has 5 nitrogen and oxygen atoms in total. The third-order valence-electron chi connectivity index (χ3n) is 6.34. The Bertz CT molecular complexity index is 711. The van der Waals surface area contributed by atoms with Gasteiger partial charge in [0, 0.05) is 19.5 Å². The summed E-state index contributed by atoms with van der Waals surface area (Å²) < 4.78 is 5.68. The Hall–Kier alpha value is -2.04. The molecule has 5 heteroatoms. The number of fused-ring (bicyclic) bond motifs is 1. The van der Waals surface area contributed by atoms with E-state index in [2.05, 4.69) is 32.0 Å². The van der Waals surface area contributed by atoms with Gasteiger partial charge in [-0.25, -0.2) is 4.79 Å². The summed E-state index contributed by atoms with van der Waals surface area (Å²) in [6.07, 6.45) is 5.38. The highest BCUT2D eigenvalue weighted by Gasteiger charge is 2.49. The van der Waals surface area contributed by atoms with Gasteiger partial charge in [0.25, 0.3) is 0 Å². The largest absolute Gasteiger partial charge is 0.446 e. The van der Waals surface area contributed by atoms with E-state index in [4.69, 9.17) is 4.74 Å². The number of carbonyl (C=O) groups excluding carboxylic acids is 2. The number of likely N-dealkylation sites (tertiary alicyclic amines) is 2. The van der Waals surface area contributed by atoms with Gasteiger partial charge in [-0.05, 0) is 62.6 Å². The monoisotopic (exact) mass is 356 g/mol. The first kappa shape index (κ1) is 17.4. The van der Waals surface area contributed by atoms with Gasteiger partial charge in [0.1, 0.15) is 6.10 Å². The summed E-state index contributed by atoms with van der Waals surface area (Å²) >= 11 is 0. The van der Waals surface area contributed by atoms with E-state index >= 15 is 0 Å². The molecule has 0 radical (unpaired) electrons. The third kappa shape index (κ3) is 3.19. The van der Waals surface area contributed by atoms with Gasteiger partial charge in [0.2, 0.25) is 5.91 Å². The van der Waals surface area contributed by atoms with Crippen LogP contribution in [0.25, 0.3) is 0 Å². The number of benzene rings is 1. The van der Waals surface area contributed by atoms with E-state index in [1.807, 2.05) is 4.90 Å². The fraction of sp³-hybridized carbons (Fsp3) is 0.619. The zero-order chi connectivity index (χ0) is 18.3. The second kappa shape index (κ2) is 6.93. The smallest absolute Gasteiger partial charge is 0.410 e. The number of amides is 2. The summed E-state index contributed by atoms with van der Waals surface area (Å²) in [6.45, 7) is 5.52. The van der Waals surface area contributed by atoms with Crippen LogP contribution < -0.4 is 0 Å². The topological polar surface area (TPSA) is 49.9 Å². The summed E-state index contributed by atoms with van der Waals surface area (Å²) in [6, 6.07) is 6.48. The van der Waals surface area contributed by atoms with Crippen LogP contribution >= 0.6 is 0 Å². The summed E-state index contributed by atoms with van der Waals surface area (Å²) in [4.78, 5) is 29.0. The predicted octanol–water partition coefficient (Wildman–Crippen LogP) is 3.56. The van der Waals surface area contributed by atoms with Crippen LogP contribution in [-0.4, -0.2) is 46.5 Å². The number of hydrogen-bond donors (Lipinski definition) is 0. The molecule has 26 heavy (non-hydrogen) atoms. The van der Waals surface area contributed by atoms with Crippen LogP contribution in [0.5, 0.6) is 0 Å². The number of rotatable bonds is 3. The molecule has 2 heterocycles. The maximum Gasteiger partial charge on any atom is 0.410 e. The van der Waals surface area contributed by atoms with E-state index in [1.54, 1.807) is 4.90 Å². The maximum atomic E-state index is 12.6. The van der Waals surface area contributed by atoms with Crippen molar-refractivity contribution in [1.82, 2.24) is 9.80 Å². The Morgan fingerprint density at radius 1 is 1.12 bits per heavy atom. The highest BCUT2D eigenvalue weighted by molar-refractivity contribution is 5.82. The lowest BCUT2D eigenvalue weighted by atomic mass is 10.1. The van der Waals surface area contributed by atoms with Crippen molar-refractivity contribution < 1.29 is 14.3 Å². The predicted molar refractivity (Wildman–Crippen MR) is 98.7 cm³/mol. The van der Waals surface area contributed by atoms with Gasteiger partial charge in [-0.3, -0.25) is 4.79 Å². The van der Waals surface area contributed by atoms with Crippen LogP contribution in [0.2, 0.25) is 0 Å². The van der Waals surface area contributed by atoms with E-state index < -0.39 is 0 Å². The second-order valence-electron chi connectivity index (χ2n) is 8.05. The first-order valence-corrected chi connectivity index (χ1v) is 9.86. The van der Waals surface area contributed by atoms with Gasteiger partial charge in [-0.1, -0.05) is 18.2 Å². The fourth-order valence-electron chi connectivity index (χ4n) is 4.68. The molecule has 2 saturated heterocycles. The Kier molecular flexibility index (Phi) is 4.63. The molecule has 1 aliphatic carbocycles.